The molecule has 0 aromatic heterocycles. The smallest absolute Gasteiger partial charge is 0.269 e. The molecule has 0 fully saturated rings. The van der Waals surface area contributed by atoms with E-state index in [2.05, 4.69) is 0 Å². The quantitative estimate of drug-likeness (QED) is 0.191. The van der Waals surface area contributed by atoms with Gasteiger partial charge in [0.1, 0.15) is 11.5 Å². The largest absolute Gasteiger partial charge is 0.508 e. The molecule has 5 aromatic rings. The molecule has 0 saturated carbocycles. The molecule has 0 saturated heterocycles. The average molecular weight is 548 g/mol. The molecule has 0 radical (unpaired) electrons. The fourth-order valence-electron chi connectivity index (χ4n) is 5.67. The SMILES string of the molecule is O=C(c1ccccc1)N1C(c2cccc([N+](=O)[O-])c2)c2c(O)ccc3ccc(O)c(c23)C1c1cccc([N+](=O)[O-])c1. The third kappa shape index (κ3) is 4.18. The summed E-state index contributed by atoms with van der Waals surface area (Å²) in [6.07, 6.45) is 0. The van der Waals surface area contributed by atoms with Crippen LogP contribution in [0.3, 0.4) is 0 Å². The minimum atomic E-state index is -1.06. The normalized spacial score (nSPS) is 16.0. The Balaban J connectivity index is 1.76. The van der Waals surface area contributed by atoms with Gasteiger partial charge in [0.05, 0.1) is 21.9 Å². The maximum atomic E-state index is 14.5. The summed E-state index contributed by atoms with van der Waals surface area (Å²) in [7, 11) is 0. The molecule has 41 heavy (non-hydrogen) atoms. The second-order valence-electron chi connectivity index (χ2n) is 9.68. The Kier molecular flexibility index (Phi) is 6.07. The van der Waals surface area contributed by atoms with Gasteiger partial charge in [-0.2, -0.15) is 0 Å². The van der Waals surface area contributed by atoms with Crippen LogP contribution in [0.1, 0.15) is 44.7 Å². The number of carbonyl (C=O) groups excluding carboxylic acids is 1. The molecule has 10 heteroatoms. The van der Waals surface area contributed by atoms with Crippen LogP contribution in [0, 0.1) is 20.2 Å². The average Bonchev–Trinajstić information content (AvgIpc) is 2.99. The Morgan fingerprint density at radius 2 is 1.15 bits per heavy atom. The van der Waals surface area contributed by atoms with E-state index in [0.717, 1.165) is 0 Å². The topological polar surface area (TPSA) is 147 Å². The molecule has 0 bridgehead atoms. The summed E-state index contributed by atoms with van der Waals surface area (Å²) >= 11 is 0. The maximum Gasteiger partial charge on any atom is 0.269 e. The van der Waals surface area contributed by atoms with E-state index in [1.54, 1.807) is 54.6 Å². The van der Waals surface area contributed by atoms with Gasteiger partial charge in [0.15, 0.2) is 0 Å². The lowest BCUT2D eigenvalue weighted by Crippen LogP contribution is -2.42. The molecule has 202 valence electrons. The van der Waals surface area contributed by atoms with Gasteiger partial charge in [-0.15, -0.1) is 0 Å². The molecule has 0 aliphatic carbocycles. The first-order chi connectivity index (χ1) is 19.8. The molecule has 1 aliphatic heterocycles. The highest BCUT2D eigenvalue weighted by Crippen LogP contribution is 2.54. The van der Waals surface area contributed by atoms with Crippen molar-refractivity contribution < 1.29 is 24.9 Å². The van der Waals surface area contributed by atoms with Crippen LogP contribution >= 0.6 is 0 Å². The van der Waals surface area contributed by atoms with Gasteiger partial charge in [-0.3, -0.25) is 25.0 Å². The minimum absolute atomic E-state index is 0.177. The van der Waals surface area contributed by atoms with Gasteiger partial charge in [-0.25, -0.2) is 0 Å². The first-order valence-electron chi connectivity index (χ1n) is 12.6. The number of benzene rings is 5. The zero-order valence-corrected chi connectivity index (χ0v) is 21.2. The zero-order chi connectivity index (χ0) is 28.8. The van der Waals surface area contributed by atoms with Gasteiger partial charge in [-0.05, 0) is 40.8 Å². The maximum absolute atomic E-state index is 14.5. The lowest BCUT2D eigenvalue weighted by Gasteiger charge is -2.44. The van der Waals surface area contributed by atoms with Crippen LogP contribution in [0.25, 0.3) is 10.8 Å². The standard InChI is InChI=1S/C31H21N3O7/c35-24-14-12-18-13-15-25(36)28-26(18)27(24)29(20-8-4-10-22(16-20)33(38)39)32(31(37)19-6-2-1-3-7-19)30(28)21-9-5-11-23(17-21)34(40)41/h1-17,29-30,35-36H. The second-order valence-corrected chi connectivity index (χ2v) is 9.68. The van der Waals surface area contributed by atoms with E-state index in [1.807, 2.05) is 0 Å². The van der Waals surface area contributed by atoms with Crippen LogP contribution in [0.2, 0.25) is 0 Å². The van der Waals surface area contributed by atoms with Crippen molar-refractivity contribution in [1.29, 1.82) is 0 Å². The molecule has 1 heterocycles. The Morgan fingerprint density at radius 3 is 1.61 bits per heavy atom. The first-order valence-corrected chi connectivity index (χ1v) is 12.6. The van der Waals surface area contributed by atoms with Gasteiger partial charge >= 0.3 is 0 Å². The third-order valence-corrected chi connectivity index (χ3v) is 7.37. The molecule has 5 aromatic carbocycles. The van der Waals surface area contributed by atoms with Crippen molar-refractivity contribution in [3.05, 3.63) is 151 Å². The summed E-state index contributed by atoms with van der Waals surface area (Å²) < 4.78 is 0. The van der Waals surface area contributed by atoms with Crippen molar-refractivity contribution in [3.8, 4) is 11.5 Å². The number of phenolic OH excluding ortho intramolecular Hbond substituents is 2. The fraction of sp³-hybridized carbons (Fsp3) is 0.0645. The van der Waals surface area contributed by atoms with E-state index in [4.69, 9.17) is 0 Å². The Morgan fingerprint density at radius 1 is 0.659 bits per heavy atom. The van der Waals surface area contributed by atoms with Gasteiger partial charge in [0, 0.05) is 46.3 Å². The van der Waals surface area contributed by atoms with E-state index < -0.39 is 27.8 Å². The van der Waals surface area contributed by atoms with E-state index in [0.29, 0.717) is 21.9 Å². The number of amides is 1. The van der Waals surface area contributed by atoms with E-state index >= 15 is 0 Å². The Hall–Kier alpha value is -5.77. The first kappa shape index (κ1) is 25.5. The summed E-state index contributed by atoms with van der Waals surface area (Å²) in [5.74, 6) is -0.864. The lowest BCUT2D eigenvalue weighted by molar-refractivity contribution is -0.385. The molecule has 0 spiro atoms. The minimum Gasteiger partial charge on any atom is -0.508 e. The molecular formula is C31H21N3O7. The summed E-state index contributed by atoms with van der Waals surface area (Å²) in [5.41, 5.74) is 1.10. The molecule has 1 amide bonds. The number of carbonyl (C=O) groups is 1. The van der Waals surface area contributed by atoms with E-state index in [9.17, 15) is 35.2 Å². The van der Waals surface area contributed by atoms with Crippen LogP contribution in [0.4, 0.5) is 11.4 Å². The van der Waals surface area contributed by atoms with Gasteiger partial charge in [0.25, 0.3) is 17.3 Å². The number of aromatic hydroxyl groups is 2. The molecule has 2 atom stereocenters. The van der Waals surface area contributed by atoms with Crippen molar-refractivity contribution in [2.75, 3.05) is 0 Å². The molecule has 1 aliphatic rings. The number of rotatable bonds is 5. The van der Waals surface area contributed by atoms with Gasteiger partial charge < -0.3 is 15.1 Å². The Bertz CT molecular complexity index is 1770. The number of non-ortho nitro benzene ring substituents is 2. The van der Waals surface area contributed by atoms with Crippen molar-refractivity contribution in [3.63, 3.8) is 0 Å². The second kappa shape index (κ2) is 9.76. The van der Waals surface area contributed by atoms with Crippen molar-refractivity contribution in [1.82, 2.24) is 4.90 Å². The highest BCUT2D eigenvalue weighted by Gasteiger charge is 2.44. The highest BCUT2D eigenvalue weighted by molar-refractivity contribution is 6.00. The van der Waals surface area contributed by atoms with Crippen molar-refractivity contribution in [2.24, 2.45) is 0 Å². The predicted molar refractivity (Wildman–Crippen MR) is 150 cm³/mol. The highest BCUT2D eigenvalue weighted by atomic mass is 16.6. The van der Waals surface area contributed by atoms with E-state index in [-0.39, 0.29) is 39.6 Å². The number of phenols is 2. The molecule has 2 unspecified atom stereocenters. The van der Waals surface area contributed by atoms with Crippen LogP contribution < -0.4 is 0 Å². The lowest BCUT2D eigenvalue weighted by atomic mass is 9.79. The van der Waals surface area contributed by atoms with Crippen LogP contribution in [-0.4, -0.2) is 30.9 Å². The molecule has 10 nitrogen and oxygen atoms in total. The van der Waals surface area contributed by atoms with Crippen molar-refractivity contribution in [2.45, 2.75) is 12.1 Å². The predicted octanol–water partition coefficient (Wildman–Crippen LogP) is 6.40. The van der Waals surface area contributed by atoms with Gasteiger partial charge in [-0.1, -0.05) is 54.6 Å². The number of hydrogen-bond donors (Lipinski definition) is 2. The van der Waals surface area contributed by atoms with Crippen LogP contribution in [0.15, 0.2) is 103 Å². The monoisotopic (exact) mass is 547 g/mol. The Labute approximate surface area is 232 Å². The summed E-state index contributed by atoms with van der Waals surface area (Å²) in [6.45, 7) is 0. The van der Waals surface area contributed by atoms with Crippen molar-refractivity contribution >= 4 is 28.1 Å². The fourth-order valence-corrected chi connectivity index (χ4v) is 5.67. The summed E-state index contributed by atoms with van der Waals surface area (Å²) in [5, 5.41) is 47.1. The number of nitrogens with zero attached hydrogens (tertiary/aromatic N) is 3. The third-order valence-electron chi connectivity index (χ3n) is 7.37. The van der Waals surface area contributed by atoms with E-state index in [1.165, 1.54) is 53.4 Å². The summed E-state index contributed by atoms with van der Waals surface area (Å²) in [6, 6.07) is 24.1. The summed E-state index contributed by atoms with van der Waals surface area (Å²) in [4.78, 5) is 38.3. The van der Waals surface area contributed by atoms with Gasteiger partial charge in [0.2, 0.25) is 0 Å². The molecular weight excluding hydrogens is 526 g/mol. The van der Waals surface area contributed by atoms with Crippen LogP contribution in [-0.2, 0) is 0 Å². The van der Waals surface area contributed by atoms with Crippen LogP contribution in [0.5, 0.6) is 11.5 Å². The zero-order valence-electron chi connectivity index (χ0n) is 21.2. The molecule has 6 rings (SSSR count). The number of hydrogen-bond acceptors (Lipinski definition) is 7. The number of nitro groups is 2. The molecule has 2 N–H and O–H groups in total. The number of nitro benzene ring substituents is 2.